The zero-order chi connectivity index (χ0) is 15.1. The average Bonchev–Trinajstić information content (AvgIpc) is 2.99. The van der Waals surface area contributed by atoms with Crippen molar-refractivity contribution in [2.24, 2.45) is 5.92 Å². The lowest BCUT2D eigenvalue weighted by Crippen LogP contribution is -2.16. The number of aryl methyl sites for hydroxylation is 1. The molecule has 112 valence electrons. The molecule has 4 nitrogen and oxygen atoms in total. The molecule has 0 saturated carbocycles. The molecule has 0 N–H and O–H groups in total. The van der Waals surface area contributed by atoms with Crippen molar-refractivity contribution >= 4 is 29.3 Å². The number of hydrogen-bond acceptors (Lipinski definition) is 6. The van der Waals surface area contributed by atoms with E-state index in [4.69, 9.17) is 4.74 Å². The zero-order valence-corrected chi connectivity index (χ0v) is 13.7. The first-order chi connectivity index (χ1) is 10.2. The Morgan fingerprint density at radius 2 is 2.14 bits per heavy atom. The third kappa shape index (κ3) is 5.13. The minimum atomic E-state index is -0.174. The molecule has 1 aromatic carbocycles. The van der Waals surface area contributed by atoms with Crippen molar-refractivity contribution < 1.29 is 9.53 Å². The Morgan fingerprint density at radius 3 is 2.81 bits per heavy atom. The van der Waals surface area contributed by atoms with E-state index in [0.29, 0.717) is 12.4 Å². The average molecular weight is 322 g/mol. The first-order valence-electron chi connectivity index (χ1n) is 6.85. The van der Waals surface area contributed by atoms with E-state index in [1.807, 2.05) is 44.2 Å². The summed E-state index contributed by atoms with van der Waals surface area (Å²) in [4.78, 5) is 16.3. The monoisotopic (exact) mass is 322 g/mol. The van der Waals surface area contributed by atoms with Crippen LogP contribution in [0, 0.1) is 5.92 Å². The van der Waals surface area contributed by atoms with Crippen LogP contribution < -0.4 is 0 Å². The van der Waals surface area contributed by atoms with Gasteiger partial charge in [-0.2, -0.15) is 4.37 Å². The van der Waals surface area contributed by atoms with E-state index in [2.05, 4.69) is 9.36 Å². The number of carbonyl (C=O) groups excluding carboxylic acids is 1. The molecule has 1 atom stereocenters. The molecule has 0 aliphatic heterocycles. The van der Waals surface area contributed by atoms with Gasteiger partial charge < -0.3 is 4.74 Å². The number of carbonyl (C=O) groups is 1. The molecule has 2 rings (SSSR count). The quantitative estimate of drug-likeness (QED) is 0.576. The van der Waals surface area contributed by atoms with E-state index in [1.165, 1.54) is 11.5 Å². The normalized spacial score (nSPS) is 12.1. The van der Waals surface area contributed by atoms with Gasteiger partial charge in [0.15, 0.2) is 4.34 Å². The van der Waals surface area contributed by atoms with E-state index in [9.17, 15) is 4.79 Å². The summed E-state index contributed by atoms with van der Waals surface area (Å²) in [5.41, 5.74) is 1.00. The lowest BCUT2D eigenvalue weighted by molar-refractivity contribution is -0.148. The number of nitrogens with zero attached hydrogens (tertiary/aromatic N) is 2. The van der Waals surface area contributed by atoms with Gasteiger partial charge in [0.2, 0.25) is 0 Å². The lowest BCUT2D eigenvalue weighted by atomic mass is 10.2. The Labute approximate surface area is 133 Å². The van der Waals surface area contributed by atoms with Gasteiger partial charge in [-0.25, -0.2) is 4.98 Å². The summed E-state index contributed by atoms with van der Waals surface area (Å²) in [6.07, 6.45) is 0.839. The van der Waals surface area contributed by atoms with Gasteiger partial charge in [-0.1, -0.05) is 55.9 Å². The molecule has 0 fully saturated rings. The van der Waals surface area contributed by atoms with Crippen LogP contribution in [0.2, 0.25) is 0 Å². The molecule has 0 spiro atoms. The van der Waals surface area contributed by atoms with Gasteiger partial charge >= 0.3 is 5.97 Å². The summed E-state index contributed by atoms with van der Waals surface area (Å²) >= 11 is 2.95. The Balaban J connectivity index is 1.74. The highest BCUT2D eigenvalue weighted by Crippen LogP contribution is 2.23. The van der Waals surface area contributed by atoms with Crippen LogP contribution in [0.1, 0.15) is 25.2 Å². The molecule has 1 aromatic heterocycles. The standard InChI is InChI=1S/C15H18N2O2S2/c1-3-13-16-15(21-17-13)20-10-11(2)14(18)19-9-12-7-5-4-6-8-12/h4-8,11H,3,9-10H2,1-2H3. The van der Waals surface area contributed by atoms with E-state index in [-0.39, 0.29) is 11.9 Å². The Hall–Kier alpha value is -1.40. The summed E-state index contributed by atoms with van der Waals surface area (Å²) in [7, 11) is 0. The highest BCUT2D eigenvalue weighted by Gasteiger charge is 2.16. The fourth-order valence-corrected chi connectivity index (χ4v) is 3.30. The summed E-state index contributed by atoms with van der Waals surface area (Å²) in [5.74, 6) is 1.19. The highest BCUT2D eigenvalue weighted by atomic mass is 32.2. The first kappa shape index (κ1) is 16.0. The second-order valence-corrected chi connectivity index (χ2v) is 6.65. The van der Waals surface area contributed by atoms with Crippen molar-refractivity contribution in [3.8, 4) is 0 Å². The number of esters is 1. The number of ether oxygens (including phenoxy) is 1. The number of aromatic nitrogens is 2. The van der Waals surface area contributed by atoms with Crippen molar-refractivity contribution in [2.45, 2.75) is 31.2 Å². The van der Waals surface area contributed by atoms with Crippen molar-refractivity contribution in [1.29, 1.82) is 0 Å². The topological polar surface area (TPSA) is 52.1 Å². The lowest BCUT2D eigenvalue weighted by Gasteiger charge is -2.10. The minimum Gasteiger partial charge on any atom is -0.461 e. The first-order valence-corrected chi connectivity index (χ1v) is 8.61. The molecule has 1 unspecified atom stereocenters. The van der Waals surface area contributed by atoms with Crippen LogP contribution in [0.5, 0.6) is 0 Å². The smallest absolute Gasteiger partial charge is 0.309 e. The molecule has 6 heteroatoms. The van der Waals surface area contributed by atoms with E-state index < -0.39 is 0 Å². The summed E-state index contributed by atoms with van der Waals surface area (Å²) in [6, 6.07) is 9.70. The maximum Gasteiger partial charge on any atom is 0.309 e. The van der Waals surface area contributed by atoms with Crippen molar-refractivity contribution in [2.75, 3.05) is 5.75 Å². The summed E-state index contributed by atoms with van der Waals surface area (Å²) in [6.45, 7) is 4.23. The van der Waals surface area contributed by atoms with E-state index >= 15 is 0 Å². The van der Waals surface area contributed by atoms with Gasteiger partial charge in [-0.05, 0) is 17.1 Å². The van der Waals surface area contributed by atoms with Crippen LogP contribution in [0.25, 0.3) is 0 Å². The Morgan fingerprint density at radius 1 is 1.38 bits per heavy atom. The van der Waals surface area contributed by atoms with Gasteiger partial charge in [-0.15, -0.1) is 0 Å². The third-order valence-electron chi connectivity index (χ3n) is 2.85. The predicted octanol–water partition coefficient (Wildman–Crippen LogP) is 3.57. The van der Waals surface area contributed by atoms with Crippen LogP contribution in [-0.4, -0.2) is 21.1 Å². The number of thioether (sulfide) groups is 1. The van der Waals surface area contributed by atoms with Crippen molar-refractivity contribution in [1.82, 2.24) is 9.36 Å². The van der Waals surface area contributed by atoms with Gasteiger partial charge in [0.25, 0.3) is 0 Å². The van der Waals surface area contributed by atoms with Crippen LogP contribution in [0.4, 0.5) is 0 Å². The van der Waals surface area contributed by atoms with Crippen LogP contribution in [0.15, 0.2) is 34.7 Å². The SMILES string of the molecule is CCc1nsc(SCC(C)C(=O)OCc2ccccc2)n1. The summed E-state index contributed by atoms with van der Waals surface area (Å²) in [5, 5.41) is 0. The molecular weight excluding hydrogens is 304 g/mol. The Kier molecular flexibility index (Phi) is 6.20. The van der Waals surface area contributed by atoms with Gasteiger partial charge in [0.1, 0.15) is 12.4 Å². The molecule has 2 aromatic rings. The summed E-state index contributed by atoms with van der Waals surface area (Å²) < 4.78 is 10.5. The molecule has 0 bridgehead atoms. The molecule has 21 heavy (non-hydrogen) atoms. The molecule has 1 heterocycles. The molecule has 0 aliphatic rings. The molecule has 0 radical (unpaired) electrons. The number of hydrogen-bond donors (Lipinski definition) is 0. The minimum absolute atomic E-state index is 0.160. The maximum absolute atomic E-state index is 11.9. The number of benzene rings is 1. The fourth-order valence-electron chi connectivity index (χ4n) is 1.58. The van der Waals surface area contributed by atoms with E-state index in [0.717, 1.165) is 22.1 Å². The van der Waals surface area contributed by atoms with Gasteiger partial charge in [0.05, 0.1) is 5.92 Å². The second kappa shape index (κ2) is 8.14. The molecule has 0 saturated heterocycles. The van der Waals surface area contributed by atoms with Crippen LogP contribution >= 0.6 is 23.3 Å². The molecule has 0 aliphatic carbocycles. The van der Waals surface area contributed by atoms with E-state index in [1.54, 1.807) is 11.8 Å². The van der Waals surface area contributed by atoms with Crippen LogP contribution in [-0.2, 0) is 22.6 Å². The van der Waals surface area contributed by atoms with Crippen LogP contribution in [0.3, 0.4) is 0 Å². The second-order valence-electron chi connectivity index (χ2n) is 4.64. The fraction of sp³-hybridized carbons (Fsp3) is 0.400. The largest absolute Gasteiger partial charge is 0.461 e. The maximum atomic E-state index is 11.9. The van der Waals surface area contributed by atoms with Gasteiger partial charge in [0, 0.05) is 12.2 Å². The van der Waals surface area contributed by atoms with Crippen molar-refractivity contribution in [3.05, 3.63) is 41.7 Å². The highest BCUT2D eigenvalue weighted by molar-refractivity contribution is 8.00. The zero-order valence-electron chi connectivity index (χ0n) is 12.1. The molecular formula is C15H18N2O2S2. The van der Waals surface area contributed by atoms with Crippen molar-refractivity contribution in [3.63, 3.8) is 0 Å². The predicted molar refractivity (Wildman–Crippen MR) is 85.4 cm³/mol. The van der Waals surface area contributed by atoms with Gasteiger partial charge in [-0.3, -0.25) is 4.79 Å². The Bertz CT molecular complexity index is 572. The number of rotatable bonds is 7. The molecule has 0 amide bonds. The third-order valence-corrected chi connectivity index (χ3v) is 4.98.